The van der Waals surface area contributed by atoms with Gasteiger partial charge in [-0.05, 0) is 44.2 Å². The maximum atomic E-state index is 13.3. The van der Waals surface area contributed by atoms with Gasteiger partial charge in [0.2, 0.25) is 0 Å². The van der Waals surface area contributed by atoms with Crippen molar-refractivity contribution in [1.82, 2.24) is 20.0 Å². The zero-order valence-electron chi connectivity index (χ0n) is 16.5. The molecule has 1 N–H and O–H groups in total. The Morgan fingerprint density at radius 1 is 1.32 bits per heavy atom. The number of hydrogen-bond donors (Lipinski definition) is 1. The van der Waals surface area contributed by atoms with Crippen molar-refractivity contribution in [3.8, 4) is 0 Å². The largest absolute Gasteiger partial charge is 0.468 e. The Balaban J connectivity index is 1.54. The molecule has 1 saturated heterocycles. The lowest BCUT2D eigenvalue weighted by Crippen LogP contribution is -2.36. The van der Waals surface area contributed by atoms with Gasteiger partial charge in [-0.1, -0.05) is 18.9 Å². The third-order valence-electron chi connectivity index (χ3n) is 5.89. The molecular weight excluding hydrogens is 352 g/mol. The molecule has 0 saturated carbocycles. The van der Waals surface area contributed by atoms with Gasteiger partial charge >= 0.3 is 0 Å². The number of nitrogens with zero attached hydrogens (tertiary/aromatic N) is 3. The first kappa shape index (κ1) is 19.0. The summed E-state index contributed by atoms with van der Waals surface area (Å²) in [6, 6.07) is 4.22. The van der Waals surface area contributed by atoms with E-state index in [4.69, 9.17) is 9.52 Å². The Morgan fingerprint density at radius 3 is 2.86 bits per heavy atom. The normalized spacial score (nSPS) is 19.9. The highest BCUT2D eigenvalue weighted by Gasteiger charge is 2.31. The van der Waals surface area contributed by atoms with Crippen LogP contribution in [0.15, 0.2) is 35.5 Å². The third kappa shape index (κ3) is 4.07. The molecule has 1 unspecified atom stereocenters. The predicted octanol–water partition coefficient (Wildman–Crippen LogP) is 3.33. The summed E-state index contributed by atoms with van der Waals surface area (Å²) in [5, 5.41) is 8.33. The number of amides is 1. The SMILES string of the molecule is C=CCn1nc(C(=O)N2CCCCCC2)c2c1CCC(NCc1ccco1)C2. The van der Waals surface area contributed by atoms with Gasteiger partial charge in [-0.25, -0.2) is 0 Å². The van der Waals surface area contributed by atoms with Crippen LogP contribution < -0.4 is 5.32 Å². The Hall–Kier alpha value is -2.34. The van der Waals surface area contributed by atoms with Gasteiger partial charge in [0.1, 0.15) is 5.76 Å². The molecule has 1 amide bonds. The fourth-order valence-corrected chi connectivity index (χ4v) is 4.39. The zero-order valence-corrected chi connectivity index (χ0v) is 16.5. The van der Waals surface area contributed by atoms with Crippen LogP contribution in [0.25, 0.3) is 0 Å². The fourth-order valence-electron chi connectivity index (χ4n) is 4.39. The number of likely N-dealkylation sites (tertiary alicyclic amines) is 1. The summed E-state index contributed by atoms with van der Waals surface area (Å²) in [7, 11) is 0. The molecule has 3 heterocycles. The minimum absolute atomic E-state index is 0.104. The Kier molecular flexibility index (Phi) is 5.95. The molecule has 2 aromatic rings. The van der Waals surface area contributed by atoms with Crippen molar-refractivity contribution in [2.45, 2.75) is 64.1 Å². The summed E-state index contributed by atoms with van der Waals surface area (Å²) in [6.07, 6.45) is 11.0. The van der Waals surface area contributed by atoms with Crippen molar-refractivity contribution in [3.05, 3.63) is 53.8 Å². The van der Waals surface area contributed by atoms with E-state index in [9.17, 15) is 4.79 Å². The van der Waals surface area contributed by atoms with Crippen LogP contribution in [-0.4, -0.2) is 39.7 Å². The second-order valence-corrected chi connectivity index (χ2v) is 7.85. The number of rotatable bonds is 6. The molecular formula is C22H30N4O2. The summed E-state index contributed by atoms with van der Waals surface area (Å²) in [5.74, 6) is 1.04. The number of nitrogens with one attached hydrogen (secondary N) is 1. The number of allylic oxidation sites excluding steroid dienone is 1. The molecule has 1 aliphatic carbocycles. The van der Waals surface area contributed by atoms with E-state index in [2.05, 4.69) is 11.9 Å². The van der Waals surface area contributed by atoms with Crippen molar-refractivity contribution >= 4 is 5.91 Å². The maximum Gasteiger partial charge on any atom is 0.274 e. The molecule has 1 aliphatic heterocycles. The quantitative estimate of drug-likeness (QED) is 0.779. The first-order valence-electron chi connectivity index (χ1n) is 10.5. The highest BCUT2D eigenvalue weighted by Crippen LogP contribution is 2.27. The summed E-state index contributed by atoms with van der Waals surface area (Å²) in [6.45, 7) is 6.92. The molecule has 28 heavy (non-hydrogen) atoms. The zero-order chi connectivity index (χ0) is 19.3. The number of aromatic nitrogens is 2. The van der Waals surface area contributed by atoms with E-state index >= 15 is 0 Å². The second kappa shape index (κ2) is 8.78. The van der Waals surface area contributed by atoms with Gasteiger partial charge in [-0.2, -0.15) is 5.10 Å². The molecule has 1 fully saturated rings. The lowest BCUT2D eigenvalue weighted by molar-refractivity contribution is 0.0753. The number of carbonyl (C=O) groups is 1. The number of hydrogen-bond acceptors (Lipinski definition) is 4. The van der Waals surface area contributed by atoms with Crippen LogP contribution in [0.4, 0.5) is 0 Å². The molecule has 0 bridgehead atoms. The van der Waals surface area contributed by atoms with Crippen molar-refractivity contribution in [2.75, 3.05) is 13.1 Å². The third-order valence-corrected chi connectivity index (χ3v) is 5.89. The second-order valence-electron chi connectivity index (χ2n) is 7.85. The lowest BCUT2D eigenvalue weighted by Gasteiger charge is -2.25. The summed E-state index contributed by atoms with van der Waals surface area (Å²) >= 11 is 0. The molecule has 4 rings (SSSR count). The molecule has 0 spiro atoms. The maximum absolute atomic E-state index is 13.3. The van der Waals surface area contributed by atoms with Gasteiger partial charge in [0.15, 0.2) is 5.69 Å². The van der Waals surface area contributed by atoms with E-state index in [-0.39, 0.29) is 5.91 Å². The molecule has 2 aliphatic rings. The average molecular weight is 383 g/mol. The topological polar surface area (TPSA) is 63.3 Å². The van der Waals surface area contributed by atoms with Crippen molar-refractivity contribution in [1.29, 1.82) is 0 Å². The lowest BCUT2D eigenvalue weighted by atomic mass is 9.91. The Bertz CT molecular complexity index is 801. The van der Waals surface area contributed by atoms with Gasteiger partial charge < -0.3 is 14.6 Å². The van der Waals surface area contributed by atoms with E-state index < -0.39 is 0 Å². The van der Waals surface area contributed by atoms with Crippen LogP contribution in [0.5, 0.6) is 0 Å². The van der Waals surface area contributed by atoms with Gasteiger partial charge in [0, 0.05) is 30.4 Å². The smallest absolute Gasteiger partial charge is 0.274 e. The van der Waals surface area contributed by atoms with E-state index in [0.29, 0.717) is 24.8 Å². The van der Waals surface area contributed by atoms with Crippen LogP contribution in [0.3, 0.4) is 0 Å². The summed E-state index contributed by atoms with van der Waals surface area (Å²) < 4.78 is 7.41. The van der Waals surface area contributed by atoms with E-state index in [1.807, 2.05) is 27.8 Å². The van der Waals surface area contributed by atoms with Gasteiger partial charge in [-0.3, -0.25) is 9.48 Å². The van der Waals surface area contributed by atoms with Crippen molar-refractivity contribution in [2.24, 2.45) is 0 Å². The van der Waals surface area contributed by atoms with Crippen molar-refractivity contribution < 1.29 is 9.21 Å². The Labute approximate surface area is 166 Å². The van der Waals surface area contributed by atoms with Crippen molar-refractivity contribution in [3.63, 3.8) is 0 Å². The minimum atomic E-state index is 0.104. The van der Waals surface area contributed by atoms with Crippen LogP contribution >= 0.6 is 0 Å². The van der Waals surface area contributed by atoms with Crippen LogP contribution in [0.2, 0.25) is 0 Å². The van der Waals surface area contributed by atoms with Crippen LogP contribution in [0, 0.1) is 0 Å². The summed E-state index contributed by atoms with van der Waals surface area (Å²) in [5.41, 5.74) is 2.98. The van der Waals surface area contributed by atoms with Gasteiger partial charge in [0.05, 0.1) is 19.4 Å². The number of carbonyl (C=O) groups excluding carboxylic acids is 1. The Morgan fingerprint density at radius 2 is 2.14 bits per heavy atom. The van der Waals surface area contributed by atoms with Crippen LogP contribution in [0.1, 0.15) is 59.6 Å². The average Bonchev–Trinajstić information content (AvgIpc) is 3.26. The van der Waals surface area contributed by atoms with Crippen LogP contribution in [-0.2, 0) is 25.9 Å². The van der Waals surface area contributed by atoms with Gasteiger partial charge in [0.25, 0.3) is 5.91 Å². The van der Waals surface area contributed by atoms with E-state index in [0.717, 1.165) is 56.5 Å². The monoisotopic (exact) mass is 382 g/mol. The predicted molar refractivity (Wildman–Crippen MR) is 108 cm³/mol. The molecule has 150 valence electrons. The summed E-state index contributed by atoms with van der Waals surface area (Å²) in [4.78, 5) is 15.3. The minimum Gasteiger partial charge on any atom is -0.468 e. The van der Waals surface area contributed by atoms with Gasteiger partial charge in [-0.15, -0.1) is 6.58 Å². The fraction of sp³-hybridized carbons (Fsp3) is 0.545. The molecule has 2 aromatic heterocycles. The standard InChI is InChI=1S/C22H30N4O2/c1-2-11-26-20-10-9-17(23-16-18-8-7-14-28-18)15-19(20)21(24-26)22(27)25-12-5-3-4-6-13-25/h2,7-8,14,17,23H,1,3-6,9-13,15-16H2. The highest BCUT2D eigenvalue weighted by atomic mass is 16.3. The first-order chi connectivity index (χ1) is 13.8. The van der Waals surface area contributed by atoms with E-state index in [1.54, 1.807) is 6.26 Å². The van der Waals surface area contributed by atoms with E-state index in [1.165, 1.54) is 18.5 Å². The number of fused-ring (bicyclic) bond motifs is 1. The molecule has 6 nitrogen and oxygen atoms in total. The molecule has 6 heteroatoms. The molecule has 0 radical (unpaired) electrons. The number of furan rings is 1. The highest BCUT2D eigenvalue weighted by molar-refractivity contribution is 5.94. The molecule has 1 atom stereocenters. The molecule has 0 aromatic carbocycles. The first-order valence-corrected chi connectivity index (χ1v) is 10.5.